The summed E-state index contributed by atoms with van der Waals surface area (Å²) in [5, 5.41) is 14.6. The average Bonchev–Trinajstić information content (AvgIpc) is 3.65. The van der Waals surface area contributed by atoms with E-state index in [1.807, 2.05) is 115 Å². The van der Waals surface area contributed by atoms with Crippen molar-refractivity contribution in [2.45, 2.75) is 32.5 Å². The van der Waals surface area contributed by atoms with Gasteiger partial charge in [0.25, 0.3) is 5.91 Å². The molecule has 2 N–H and O–H groups in total. The van der Waals surface area contributed by atoms with E-state index in [1.165, 1.54) is 11.3 Å². The molecule has 0 saturated heterocycles. The van der Waals surface area contributed by atoms with Crippen molar-refractivity contribution in [3.63, 3.8) is 0 Å². The summed E-state index contributed by atoms with van der Waals surface area (Å²) in [5.74, 6) is 0.701. The number of nitrogens with zero attached hydrogens (tertiary/aromatic N) is 2. The number of aryl methyl sites for hydroxylation is 1. The number of aromatic nitrogens is 1. The number of hydrogen-bond donors (Lipinski definition) is 2. The second-order valence-corrected chi connectivity index (χ2v) is 12.9. The largest absolute Gasteiger partial charge is 0.482 e. The number of amides is 2. The van der Waals surface area contributed by atoms with E-state index >= 15 is 0 Å². The lowest BCUT2D eigenvalue weighted by atomic mass is 10.1. The first-order valence-corrected chi connectivity index (χ1v) is 17.7. The van der Waals surface area contributed by atoms with Crippen molar-refractivity contribution in [2.24, 2.45) is 0 Å². The van der Waals surface area contributed by atoms with Crippen LogP contribution in [0.1, 0.15) is 39.2 Å². The number of ether oxygens (including phenoxy) is 2. The fraction of sp³-hybridized carbons (Fsp3) is 0.143. The molecule has 2 amide bonds. The topological polar surface area (TPSA) is 118 Å². The molecule has 262 valence electrons. The van der Waals surface area contributed by atoms with E-state index in [4.69, 9.17) is 19.6 Å². The van der Waals surface area contributed by atoms with Crippen LogP contribution in [-0.4, -0.2) is 39.4 Å². The Bertz CT molecular complexity index is 2070. The number of hydrogen-bond acceptors (Lipinski definition) is 7. The highest BCUT2D eigenvalue weighted by molar-refractivity contribution is 7.13. The van der Waals surface area contributed by atoms with Gasteiger partial charge in [-0.05, 0) is 71.6 Å². The van der Waals surface area contributed by atoms with Crippen molar-refractivity contribution in [1.82, 2.24) is 15.2 Å². The number of rotatable bonds is 16. The Hall–Kier alpha value is -6.26. The Morgan fingerprint density at radius 3 is 2.02 bits per heavy atom. The zero-order chi connectivity index (χ0) is 36.1. The SMILES string of the molecule is O=C(O)COc1ccc(CN(Cc2csc(-c3ccc(C(=O)NCc4ccc(Oc5ccccc5)cc4)cc3)n2)C(=O)CCc2ccccc2)cc1. The van der Waals surface area contributed by atoms with Crippen LogP contribution >= 0.6 is 11.3 Å². The number of para-hydroxylation sites is 1. The summed E-state index contributed by atoms with van der Waals surface area (Å²) in [6, 6.07) is 41.5. The number of nitrogens with one attached hydrogen (secondary N) is 1. The highest BCUT2D eigenvalue weighted by Gasteiger charge is 2.18. The van der Waals surface area contributed by atoms with E-state index in [0.29, 0.717) is 43.8 Å². The van der Waals surface area contributed by atoms with E-state index in [0.717, 1.165) is 44.5 Å². The minimum Gasteiger partial charge on any atom is -0.482 e. The van der Waals surface area contributed by atoms with Gasteiger partial charge >= 0.3 is 5.97 Å². The van der Waals surface area contributed by atoms with Gasteiger partial charge in [0.2, 0.25) is 5.91 Å². The molecule has 0 aliphatic heterocycles. The number of aliphatic carboxylic acids is 1. The molecule has 0 radical (unpaired) electrons. The maximum Gasteiger partial charge on any atom is 0.341 e. The molecule has 6 aromatic rings. The van der Waals surface area contributed by atoms with Gasteiger partial charge in [-0.15, -0.1) is 11.3 Å². The third-order valence-electron chi connectivity index (χ3n) is 8.14. The number of benzene rings is 5. The molecule has 52 heavy (non-hydrogen) atoms. The minimum atomic E-state index is -1.05. The molecule has 0 unspecified atom stereocenters. The van der Waals surface area contributed by atoms with E-state index < -0.39 is 12.6 Å². The predicted molar refractivity (Wildman–Crippen MR) is 200 cm³/mol. The van der Waals surface area contributed by atoms with Gasteiger partial charge < -0.3 is 24.8 Å². The van der Waals surface area contributed by atoms with Crippen molar-refractivity contribution in [3.05, 3.63) is 167 Å². The van der Waals surface area contributed by atoms with Gasteiger partial charge in [-0.25, -0.2) is 9.78 Å². The summed E-state index contributed by atoms with van der Waals surface area (Å²) in [5.41, 5.74) is 5.10. The highest BCUT2D eigenvalue weighted by atomic mass is 32.1. The van der Waals surface area contributed by atoms with E-state index in [1.54, 1.807) is 29.2 Å². The fourth-order valence-corrected chi connectivity index (χ4v) is 6.22. The summed E-state index contributed by atoms with van der Waals surface area (Å²) in [7, 11) is 0. The lowest BCUT2D eigenvalue weighted by molar-refractivity contribution is -0.139. The third kappa shape index (κ3) is 10.4. The third-order valence-corrected chi connectivity index (χ3v) is 9.08. The molecule has 0 fully saturated rings. The van der Waals surface area contributed by atoms with Crippen LogP contribution in [0.25, 0.3) is 10.6 Å². The van der Waals surface area contributed by atoms with Crippen molar-refractivity contribution in [2.75, 3.05) is 6.61 Å². The summed E-state index contributed by atoms with van der Waals surface area (Å²) in [4.78, 5) is 43.9. The van der Waals surface area contributed by atoms with Gasteiger partial charge in [-0.2, -0.15) is 0 Å². The Balaban J connectivity index is 1.06. The summed E-state index contributed by atoms with van der Waals surface area (Å²) in [6.07, 6.45) is 0.967. The maximum atomic E-state index is 13.5. The van der Waals surface area contributed by atoms with E-state index in [-0.39, 0.29) is 11.8 Å². The second-order valence-electron chi connectivity index (χ2n) is 12.0. The first-order chi connectivity index (χ1) is 25.4. The molecule has 0 aliphatic carbocycles. The molecule has 1 aromatic heterocycles. The van der Waals surface area contributed by atoms with Crippen LogP contribution in [0, 0.1) is 0 Å². The van der Waals surface area contributed by atoms with Gasteiger partial charge in [0.05, 0.1) is 12.2 Å². The summed E-state index contributed by atoms with van der Waals surface area (Å²) >= 11 is 1.48. The van der Waals surface area contributed by atoms with Crippen molar-refractivity contribution in [1.29, 1.82) is 0 Å². The zero-order valence-electron chi connectivity index (χ0n) is 28.3. The molecule has 0 spiro atoms. The van der Waals surface area contributed by atoms with E-state index in [2.05, 4.69) is 5.32 Å². The number of thiazole rings is 1. The first kappa shape index (κ1) is 35.6. The van der Waals surface area contributed by atoms with Gasteiger partial charge in [-0.1, -0.05) is 84.9 Å². The molecular weight excluding hydrogens is 675 g/mol. The minimum absolute atomic E-state index is 0.00330. The second kappa shape index (κ2) is 17.6. The number of carbonyl (C=O) groups excluding carboxylic acids is 2. The Morgan fingerprint density at radius 2 is 1.33 bits per heavy atom. The van der Waals surface area contributed by atoms with Crippen molar-refractivity contribution >= 4 is 29.1 Å². The van der Waals surface area contributed by atoms with E-state index in [9.17, 15) is 14.4 Å². The highest BCUT2D eigenvalue weighted by Crippen LogP contribution is 2.26. The number of carboxylic acid groups (broad SMARTS) is 1. The van der Waals surface area contributed by atoms with Crippen LogP contribution in [0.5, 0.6) is 17.2 Å². The smallest absolute Gasteiger partial charge is 0.341 e. The molecular formula is C42H37N3O6S. The molecule has 6 rings (SSSR count). The van der Waals surface area contributed by atoms with Gasteiger partial charge in [-0.3, -0.25) is 9.59 Å². The van der Waals surface area contributed by atoms with Gasteiger partial charge in [0.15, 0.2) is 6.61 Å². The van der Waals surface area contributed by atoms with Crippen molar-refractivity contribution in [3.8, 4) is 27.8 Å². The van der Waals surface area contributed by atoms with Crippen LogP contribution in [0.4, 0.5) is 0 Å². The molecule has 1 heterocycles. The molecule has 0 bridgehead atoms. The monoisotopic (exact) mass is 711 g/mol. The van der Waals surface area contributed by atoms with Crippen LogP contribution in [0.15, 0.2) is 139 Å². The molecule has 0 saturated carbocycles. The molecule has 10 heteroatoms. The molecule has 9 nitrogen and oxygen atoms in total. The van der Waals surface area contributed by atoms with Crippen LogP contribution in [0.3, 0.4) is 0 Å². The lowest BCUT2D eigenvalue weighted by Gasteiger charge is -2.22. The van der Waals surface area contributed by atoms with Crippen LogP contribution < -0.4 is 14.8 Å². The fourth-order valence-electron chi connectivity index (χ4n) is 5.40. The Morgan fingerprint density at radius 1 is 0.692 bits per heavy atom. The van der Waals surface area contributed by atoms with Gasteiger partial charge in [0, 0.05) is 36.0 Å². The molecule has 5 aromatic carbocycles. The lowest BCUT2D eigenvalue weighted by Crippen LogP contribution is -2.30. The number of carbonyl (C=O) groups is 3. The van der Waals surface area contributed by atoms with Gasteiger partial charge in [0.1, 0.15) is 22.3 Å². The molecule has 0 atom stereocenters. The number of carboxylic acids is 1. The maximum absolute atomic E-state index is 13.5. The Kier molecular flexibility index (Phi) is 12.0. The first-order valence-electron chi connectivity index (χ1n) is 16.8. The van der Waals surface area contributed by atoms with Crippen LogP contribution in [-0.2, 0) is 35.6 Å². The quantitative estimate of drug-likeness (QED) is 0.104. The zero-order valence-corrected chi connectivity index (χ0v) is 29.1. The summed E-state index contributed by atoms with van der Waals surface area (Å²) in [6.45, 7) is 0.634. The average molecular weight is 712 g/mol. The molecule has 0 aliphatic rings. The normalized spacial score (nSPS) is 10.7. The predicted octanol–water partition coefficient (Wildman–Crippen LogP) is 8.16. The van der Waals surface area contributed by atoms with Crippen molar-refractivity contribution < 1.29 is 29.0 Å². The van der Waals surface area contributed by atoms with Crippen LogP contribution in [0.2, 0.25) is 0 Å². The Labute approximate surface area is 306 Å². The standard InChI is InChI=1S/C42H37N3O6S/c46-39(24-15-30-7-3-1-4-8-30)45(26-32-13-20-36(21-14-32)50-28-40(47)48)27-35-29-52-42(44-35)34-18-16-33(17-19-34)41(49)43-25-31-11-22-38(23-12-31)51-37-9-5-2-6-10-37/h1-14,16-23,29H,15,24-28H2,(H,43,49)(H,47,48). The summed E-state index contributed by atoms with van der Waals surface area (Å²) < 4.78 is 11.1.